The van der Waals surface area contributed by atoms with Crippen LogP contribution in [-0.4, -0.2) is 62.2 Å². The summed E-state index contributed by atoms with van der Waals surface area (Å²) >= 11 is 0. The van der Waals surface area contributed by atoms with Crippen molar-refractivity contribution in [2.75, 3.05) is 40.4 Å². The first kappa shape index (κ1) is 16.1. The zero-order valence-electron chi connectivity index (χ0n) is 13.3. The Bertz CT molecular complexity index is 551. The van der Waals surface area contributed by atoms with Gasteiger partial charge in [0.05, 0.1) is 19.8 Å². The number of carbonyl (C=O) groups excluding carboxylic acids is 2. The molecule has 0 saturated carbocycles. The molecule has 1 aliphatic heterocycles. The second kappa shape index (κ2) is 7.15. The van der Waals surface area contributed by atoms with Crippen molar-refractivity contribution >= 4 is 12.0 Å². The zero-order chi connectivity index (χ0) is 16.1. The van der Waals surface area contributed by atoms with E-state index in [0.717, 1.165) is 12.0 Å². The van der Waals surface area contributed by atoms with E-state index in [0.29, 0.717) is 37.5 Å². The van der Waals surface area contributed by atoms with Crippen molar-refractivity contribution in [2.45, 2.75) is 13.3 Å². The van der Waals surface area contributed by atoms with E-state index in [9.17, 15) is 9.59 Å². The van der Waals surface area contributed by atoms with Gasteiger partial charge in [-0.1, -0.05) is 13.0 Å². The number of hydrogen-bond acceptors (Lipinski definition) is 4. The van der Waals surface area contributed by atoms with Crippen LogP contribution in [0.5, 0.6) is 5.75 Å². The molecular weight excluding hydrogens is 284 g/mol. The first-order chi connectivity index (χ1) is 10.6. The topological polar surface area (TPSA) is 59.1 Å². The van der Waals surface area contributed by atoms with Crippen LogP contribution in [0.15, 0.2) is 18.2 Å². The van der Waals surface area contributed by atoms with Crippen molar-refractivity contribution in [1.29, 1.82) is 0 Å². The van der Waals surface area contributed by atoms with Gasteiger partial charge in [0, 0.05) is 26.2 Å². The predicted molar refractivity (Wildman–Crippen MR) is 82.3 cm³/mol. The molecule has 2 rings (SSSR count). The Kier molecular flexibility index (Phi) is 5.25. The van der Waals surface area contributed by atoms with Crippen LogP contribution in [0.2, 0.25) is 0 Å². The van der Waals surface area contributed by atoms with Crippen LogP contribution in [-0.2, 0) is 11.2 Å². The Hall–Kier alpha value is -2.24. The molecule has 0 N–H and O–H groups in total. The first-order valence-corrected chi connectivity index (χ1v) is 7.39. The third-order valence-electron chi connectivity index (χ3n) is 3.90. The van der Waals surface area contributed by atoms with Gasteiger partial charge in [0.15, 0.2) is 0 Å². The third kappa shape index (κ3) is 3.32. The maximum atomic E-state index is 12.7. The lowest BCUT2D eigenvalue weighted by molar-refractivity contribution is 0.0597. The maximum Gasteiger partial charge on any atom is 0.409 e. The number of aryl methyl sites for hydroxylation is 1. The molecule has 1 aromatic carbocycles. The summed E-state index contributed by atoms with van der Waals surface area (Å²) in [5.74, 6) is 0.522. The van der Waals surface area contributed by atoms with Crippen molar-refractivity contribution in [1.82, 2.24) is 9.80 Å². The van der Waals surface area contributed by atoms with Crippen molar-refractivity contribution in [2.24, 2.45) is 0 Å². The second-order valence-electron chi connectivity index (χ2n) is 5.14. The van der Waals surface area contributed by atoms with Crippen LogP contribution in [0, 0.1) is 0 Å². The van der Waals surface area contributed by atoms with Gasteiger partial charge in [-0.05, 0) is 24.1 Å². The normalized spacial score (nSPS) is 14.7. The molecule has 2 amide bonds. The number of carbonyl (C=O) groups is 2. The molecule has 0 radical (unpaired) electrons. The summed E-state index contributed by atoms with van der Waals surface area (Å²) in [7, 11) is 2.92. The lowest BCUT2D eigenvalue weighted by Crippen LogP contribution is -2.50. The molecule has 22 heavy (non-hydrogen) atoms. The number of amides is 2. The molecule has 0 atom stereocenters. The lowest BCUT2D eigenvalue weighted by Gasteiger charge is -2.34. The Morgan fingerprint density at radius 3 is 2.27 bits per heavy atom. The fraction of sp³-hybridized carbons (Fsp3) is 0.500. The van der Waals surface area contributed by atoms with Gasteiger partial charge in [-0.25, -0.2) is 4.79 Å². The fourth-order valence-electron chi connectivity index (χ4n) is 2.53. The van der Waals surface area contributed by atoms with Crippen LogP contribution in [0.4, 0.5) is 4.79 Å². The standard InChI is InChI=1S/C16H22N2O4/c1-4-12-5-6-14(21-2)13(11-12)15(19)17-7-9-18(10-8-17)16(20)22-3/h5-6,11H,4,7-10H2,1-3H3. The van der Waals surface area contributed by atoms with Gasteiger partial charge in [0.25, 0.3) is 5.91 Å². The molecule has 0 unspecified atom stereocenters. The van der Waals surface area contributed by atoms with Crippen LogP contribution >= 0.6 is 0 Å². The Balaban J connectivity index is 2.11. The third-order valence-corrected chi connectivity index (χ3v) is 3.90. The molecule has 1 aliphatic rings. The highest BCUT2D eigenvalue weighted by Gasteiger charge is 2.26. The molecule has 0 aliphatic carbocycles. The fourth-order valence-corrected chi connectivity index (χ4v) is 2.53. The average Bonchev–Trinajstić information content (AvgIpc) is 2.59. The van der Waals surface area contributed by atoms with E-state index in [1.165, 1.54) is 7.11 Å². The quantitative estimate of drug-likeness (QED) is 0.854. The summed E-state index contributed by atoms with van der Waals surface area (Å²) in [5.41, 5.74) is 1.67. The minimum atomic E-state index is -0.349. The molecular formula is C16H22N2O4. The highest BCUT2D eigenvalue weighted by atomic mass is 16.5. The van der Waals surface area contributed by atoms with Crippen molar-refractivity contribution < 1.29 is 19.1 Å². The number of rotatable bonds is 3. The summed E-state index contributed by atoms with van der Waals surface area (Å²) in [4.78, 5) is 27.5. The van der Waals surface area contributed by atoms with Gasteiger partial charge in [-0.2, -0.15) is 0 Å². The monoisotopic (exact) mass is 306 g/mol. The minimum absolute atomic E-state index is 0.0586. The van der Waals surface area contributed by atoms with Crippen molar-refractivity contribution in [3.63, 3.8) is 0 Å². The summed E-state index contributed by atoms with van der Waals surface area (Å²) in [6.45, 7) is 3.99. The number of benzene rings is 1. The molecule has 1 saturated heterocycles. The van der Waals surface area contributed by atoms with E-state index >= 15 is 0 Å². The summed E-state index contributed by atoms with van der Waals surface area (Å²) in [6.07, 6.45) is 0.512. The van der Waals surface area contributed by atoms with E-state index < -0.39 is 0 Å². The summed E-state index contributed by atoms with van der Waals surface area (Å²) in [5, 5.41) is 0. The molecule has 1 heterocycles. The van der Waals surface area contributed by atoms with Gasteiger partial charge < -0.3 is 19.3 Å². The largest absolute Gasteiger partial charge is 0.496 e. The van der Waals surface area contributed by atoms with Gasteiger partial charge in [-0.15, -0.1) is 0 Å². The zero-order valence-corrected chi connectivity index (χ0v) is 13.3. The molecule has 120 valence electrons. The highest BCUT2D eigenvalue weighted by Crippen LogP contribution is 2.22. The van der Waals surface area contributed by atoms with Crippen LogP contribution in [0.25, 0.3) is 0 Å². The minimum Gasteiger partial charge on any atom is -0.496 e. The van der Waals surface area contributed by atoms with E-state index in [2.05, 4.69) is 0 Å². The van der Waals surface area contributed by atoms with Crippen LogP contribution in [0.3, 0.4) is 0 Å². The number of hydrogen-bond donors (Lipinski definition) is 0. The van der Waals surface area contributed by atoms with E-state index in [1.807, 2.05) is 25.1 Å². The smallest absolute Gasteiger partial charge is 0.409 e. The SMILES string of the molecule is CCc1ccc(OC)c(C(=O)N2CCN(C(=O)OC)CC2)c1. The predicted octanol–water partition coefficient (Wildman–Crippen LogP) is 1.78. The number of nitrogens with zero attached hydrogens (tertiary/aromatic N) is 2. The molecule has 0 aromatic heterocycles. The number of piperazine rings is 1. The van der Waals surface area contributed by atoms with Gasteiger partial charge >= 0.3 is 6.09 Å². The molecule has 0 spiro atoms. The Morgan fingerprint density at radius 1 is 1.09 bits per heavy atom. The molecule has 6 heteroatoms. The number of methoxy groups -OCH3 is 2. The second-order valence-corrected chi connectivity index (χ2v) is 5.14. The van der Waals surface area contributed by atoms with Crippen molar-refractivity contribution in [3.05, 3.63) is 29.3 Å². The van der Waals surface area contributed by atoms with Crippen LogP contribution < -0.4 is 4.74 Å². The van der Waals surface area contributed by atoms with Crippen molar-refractivity contribution in [3.8, 4) is 5.75 Å². The molecule has 1 aromatic rings. The highest BCUT2D eigenvalue weighted by molar-refractivity contribution is 5.97. The van der Waals surface area contributed by atoms with Gasteiger partial charge in [0.1, 0.15) is 5.75 Å². The Labute approximate surface area is 130 Å². The molecule has 1 fully saturated rings. The average molecular weight is 306 g/mol. The maximum absolute atomic E-state index is 12.7. The Morgan fingerprint density at radius 2 is 1.73 bits per heavy atom. The van der Waals surface area contributed by atoms with Gasteiger partial charge in [-0.3, -0.25) is 4.79 Å². The first-order valence-electron chi connectivity index (χ1n) is 7.39. The summed E-state index contributed by atoms with van der Waals surface area (Å²) in [6, 6.07) is 5.68. The lowest BCUT2D eigenvalue weighted by atomic mass is 10.1. The van der Waals surface area contributed by atoms with E-state index in [4.69, 9.17) is 9.47 Å². The molecule has 0 bridgehead atoms. The van der Waals surface area contributed by atoms with E-state index in [1.54, 1.807) is 16.9 Å². The molecule has 6 nitrogen and oxygen atoms in total. The van der Waals surface area contributed by atoms with E-state index in [-0.39, 0.29) is 12.0 Å². The van der Waals surface area contributed by atoms with Gasteiger partial charge in [0.2, 0.25) is 0 Å². The summed E-state index contributed by atoms with van der Waals surface area (Å²) < 4.78 is 10.0. The number of ether oxygens (including phenoxy) is 2. The van der Waals surface area contributed by atoms with Crippen LogP contribution in [0.1, 0.15) is 22.8 Å².